The van der Waals surface area contributed by atoms with Crippen molar-refractivity contribution >= 4 is 22.4 Å². The zero-order chi connectivity index (χ0) is 25.5. The third-order valence-electron chi connectivity index (χ3n) is 6.04. The number of rotatable bonds is 6. The molecule has 0 radical (unpaired) electrons. The average molecular weight is 494 g/mol. The minimum atomic E-state index is -4.89. The first kappa shape index (κ1) is 24.8. The van der Waals surface area contributed by atoms with Gasteiger partial charge in [-0.15, -0.1) is 0 Å². The molecule has 1 aliphatic rings. The first-order valence-corrected chi connectivity index (χ1v) is 11.1. The van der Waals surface area contributed by atoms with Crippen LogP contribution in [0.3, 0.4) is 0 Å². The van der Waals surface area contributed by atoms with Crippen LogP contribution >= 0.6 is 0 Å². The molecule has 35 heavy (non-hydrogen) atoms. The Morgan fingerprint density at radius 3 is 2.51 bits per heavy atom. The number of aromatic nitrogens is 2. The van der Waals surface area contributed by atoms with E-state index in [0.717, 1.165) is 12.5 Å². The molecule has 4 rings (SSSR count). The van der Waals surface area contributed by atoms with E-state index in [2.05, 4.69) is 15.3 Å². The van der Waals surface area contributed by atoms with Crippen molar-refractivity contribution in [1.29, 1.82) is 0 Å². The number of hydrogen-bond acceptors (Lipinski definition) is 7. The van der Waals surface area contributed by atoms with Crippen LogP contribution in [0.25, 0.3) is 10.9 Å². The SMILES string of the molecule is COc1cc2nc(C)nc(N[C@H](C)c3cc(N)cc(C(F)(F)F)c3F)c2cc1OC1CCCC1O. The lowest BCUT2D eigenvalue weighted by atomic mass is 10.0. The van der Waals surface area contributed by atoms with E-state index in [1.54, 1.807) is 19.1 Å². The first-order valence-electron chi connectivity index (χ1n) is 11.1. The summed E-state index contributed by atoms with van der Waals surface area (Å²) in [6.45, 7) is 3.17. The average Bonchev–Trinajstić information content (AvgIpc) is 3.18. The van der Waals surface area contributed by atoms with Gasteiger partial charge in [-0.1, -0.05) is 0 Å². The Kier molecular flexibility index (Phi) is 6.63. The Morgan fingerprint density at radius 2 is 1.89 bits per heavy atom. The molecule has 1 aliphatic carbocycles. The van der Waals surface area contributed by atoms with Gasteiger partial charge in [0.25, 0.3) is 0 Å². The summed E-state index contributed by atoms with van der Waals surface area (Å²) in [7, 11) is 1.48. The number of alkyl halides is 3. The number of aryl methyl sites for hydroxylation is 1. The minimum absolute atomic E-state index is 0.207. The third-order valence-corrected chi connectivity index (χ3v) is 6.04. The molecule has 0 spiro atoms. The van der Waals surface area contributed by atoms with E-state index >= 15 is 0 Å². The zero-order valence-electron chi connectivity index (χ0n) is 19.4. The van der Waals surface area contributed by atoms with Crippen molar-refractivity contribution in [3.63, 3.8) is 0 Å². The predicted octanol–water partition coefficient (Wildman–Crippen LogP) is 5.15. The lowest BCUT2D eigenvalue weighted by molar-refractivity contribution is -0.140. The van der Waals surface area contributed by atoms with Gasteiger partial charge < -0.3 is 25.6 Å². The van der Waals surface area contributed by atoms with Gasteiger partial charge >= 0.3 is 6.18 Å². The van der Waals surface area contributed by atoms with Crippen molar-refractivity contribution in [2.24, 2.45) is 0 Å². The van der Waals surface area contributed by atoms with Gasteiger partial charge in [-0.05, 0) is 51.3 Å². The van der Waals surface area contributed by atoms with Crippen molar-refractivity contribution in [2.75, 3.05) is 18.2 Å². The summed E-state index contributed by atoms with van der Waals surface area (Å²) in [5.74, 6) is 0.0321. The topological polar surface area (TPSA) is 103 Å². The third kappa shape index (κ3) is 5.04. The van der Waals surface area contributed by atoms with Gasteiger partial charge in [-0.25, -0.2) is 14.4 Å². The highest BCUT2D eigenvalue weighted by atomic mass is 19.4. The lowest BCUT2D eigenvalue weighted by Crippen LogP contribution is -2.25. The Balaban J connectivity index is 1.75. The number of nitrogens with two attached hydrogens (primary N) is 1. The van der Waals surface area contributed by atoms with E-state index in [1.165, 1.54) is 14.0 Å². The number of hydrogen-bond donors (Lipinski definition) is 3. The van der Waals surface area contributed by atoms with Crippen LogP contribution in [0.1, 0.15) is 49.2 Å². The van der Waals surface area contributed by atoms with Crippen LogP contribution in [-0.4, -0.2) is 34.4 Å². The summed E-state index contributed by atoms with van der Waals surface area (Å²) >= 11 is 0. The van der Waals surface area contributed by atoms with Gasteiger partial charge in [0.2, 0.25) is 0 Å². The fourth-order valence-corrected chi connectivity index (χ4v) is 4.30. The molecule has 0 saturated heterocycles. The number of aliphatic hydroxyl groups excluding tert-OH is 1. The molecule has 1 heterocycles. The fourth-order valence-electron chi connectivity index (χ4n) is 4.30. The summed E-state index contributed by atoms with van der Waals surface area (Å²) in [5.41, 5.74) is 4.25. The molecule has 1 saturated carbocycles. The maximum absolute atomic E-state index is 14.8. The largest absolute Gasteiger partial charge is 0.493 e. The molecule has 188 valence electrons. The molecule has 0 aliphatic heterocycles. The second-order valence-corrected chi connectivity index (χ2v) is 8.63. The number of nitrogens with one attached hydrogen (secondary N) is 1. The van der Waals surface area contributed by atoms with E-state index in [1.807, 2.05) is 0 Å². The summed E-state index contributed by atoms with van der Waals surface area (Å²) in [6, 6.07) is 4.12. The number of halogens is 4. The van der Waals surface area contributed by atoms with E-state index in [-0.39, 0.29) is 17.1 Å². The molecule has 11 heteroatoms. The van der Waals surface area contributed by atoms with Crippen LogP contribution in [0.2, 0.25) is 0 Å². The number of nitrogens with zero attached hydrogens (tertiary/aromatic N) is 2. The fraction of sp³-hybridized carbons (Fsp3) is 0.417. The Morgan fingerprint density at radius 1 is 1.14 bits per heavy atom. The van der Waals surface area contributed by atoms with Crippen molar-refractivity contribution in [2.45, 2.75) is 57.5 Å². The number of anilines is 2. The smallest absolute Gasteiger partial charge is 0.419 e. The predicted molar refractivity (Wildman–Crippen MR) is 123 cm³/mol. The molecule has 2 aromatic carbocycles. The van der Waals surface area contributed by atoms with Crippen LogP contribution in [0.4, 0.5) is 29.1 Å². The van der Waals surface area contributed by atoms with Crippen LogP contribution in [0.5, 0.6) is 11.5 Å². The molecule has 0 amide bonds. The molecule has 1 fully saturated rings. The molecule has 3 aromatic rings. The van der Waals surface area contributed by atoms with E-state index in [9.17, 15) is 22.7 Å². The minimum Gasteiger partial charge on any atom is -0.493 e. The Hall–Kier alpha value is -3.34. The maximum Gasteiger partial charge on any atom is 0.419 e. The molecular weight excluding hydrogens is 468 g/mol. The van der Waals surface area contributed by atoms with E-state index in [0.29, 0.717) is 47.1 Å². The Bertz CT molecular complexity index is 1250. The second kappa shape index (κ2) is 9.37. The molecule has 7 nitrogen and oxygen atoms in total. The first-order chi connectivity index (χ1) is 16.5. The van der Waals surface area contributed by atoms with Crippen LogP contribution in [0, 0.1) is 12.7 Å². The second-order valence-electron chi connectivity index (χ2n) is 8.63. The van der Waals surface area contributed by atoms with E-state index in [4.69, 9.17) is 15.2 Å². The number of ether oxygens (including phenoxy) is 2. The lowest BCUT2D eigenvalue weighted by Gasteiger charge is -2.22. The molecule has 2 unspecified atom stereocenters. The highest BCUT2D eigenvalue weighted by Crippen LogP contribution is 2.39. The van der Waals surface area contributed by atoms with Crippen molar-refractivity contribution in [3.8, 4) is 11.5 Å². The monoisotopic (exact) mass is 494 g/mol. The quantitative estimate of drug-likeness (QED) is 0.322. The summed E-state index contributed by atoms with van der Waals surface area (Å²) in [6.07, 6.45) is -3.73. The van der Waals surface area contributed by atoms with Gasteiger partial charge in [-0.3, -0.25) is 0 Å². The number of fused-ring (bicyclic) bond motifs is 1. The number of aliphatic hydroxyl groups is 1. The summed E-state index contributed by atoms with van der Waals surface area (Å²) < 4.78 is 66.2. The van der Waals surface area contributed by atoms with Gasteiger partial charge in [0.15, 0.2) is 11.5 Å². The van der Waals surface area contributed by atoms with Gasteiger partial charge in [0.05, 0.1) is 30.3 Å². The van der Waals surface area contributed by atoms with Gasteiger partial charge in [0, 0.05) is 22.7 Å². The molecule has 4 N–H and O–H groups in total. The van der Waals surface area contributed by atoms with Crippen LogP contribution in [-0.2, 0) is 6.18 Å². The molecule has 3 atom stereocenters. The van der Waals surface area contributed by atoms with Crippen molar-refractivity contribution < 1.29 is 32.1 Å². The normalized spacial score (nSPS) is 19.1. The number of nitrogen functional groups attached to an aromatic ring is 1. The van der Waals surface area contributed by atoms with Crippen LogP contribution < -0.4 is 20.5 Å². The van der Waals surface area contributed by atoms with Crippen LogP contribution in [0.15, 0.2) is 24.3 Å². The van der Waals surface area contributed by atoms with Crippen molar-refractivity contribution in [1.82, 2.24) is 9.97 Å². The van der Waals surface area contributed by atoms with E-state index < -0.39 is 35.8 Å². The van der Waals surface area contributed by atoms with Crippen molar-refractivity contribution in [3.05, 3.63) is 47.0 Å². The van der Waals surface area contributed by atoms with Gasteiger partial charge in [-0.2, -0.15) is 13.2 Å². The Labute approximate surface area is 199 Å². The standard InChI is InChI=1S/C24H26F4N4O3/c1-11(14-7-13(29)8-16(22(14)25)24(26,27)28)30-23-15-9-21(35-19-6-4-5-18(19)33)20(34-3)10-17(15)31-12(2)32-23/h7-11,18-19,33H,4-6,29H2,1-3H3,(H,30,31,32)/t11-,18?,19?/m1/s1. The number of methoxy groups -OCH3 is 1. The summed E-state index contributed by atoms with van der Waals surface area (Å²) in [5, 5.41) is 13.7. The van der Waals surface area contributed by atoms with Gasteiger partial charge in [0.1, 0.15) is 23.6 Å². The highest BCUT2D eigenvalue weighted by Gasteiger charge is 2.36. The highest BCUT2D eigenvalue weighted by molar-refractivity contribution is 5.92. The number of benzene rings is 2. The molecule has 0 bridgehead atoms. The molecule has 1 aromatic heterocycles. The summed E-state index contributed by atoms with van der Waals surface area (Å²) in [4.78, 5) is 8.80. The molecular formula is C24H26F4N4O3. The zero-order valence-corrected chi connectivity index (χ0v) is 19.4. The maximum atomic E-state index is 14.8.